The number of nitrogen functional groups attached to an aromatic ring is 1. The second-order valence-corrected chi connectivity index (χ2v) is 6.13. The first kappa shape index (κ1) is 17.4. The molecule has 0 aromatic heterocycles. The van der Waals surface area contributed by atoms with Gasteiger partial charge in [-0.1, -0.05) is 0 Å². The maximum absolute atomic E-state index is 12.4. The first-order valence-corrected chi connectivity index (χ1v) is 8.21. The average Bonchev–Trinajstić information content (AvgIpc) is 2.99. The minimum Gasteiger partial charge on any atom is -0.399 e. The van der Waals surface area contributed by atoms with E-state index in [-0.39, 0.29) is 12.1 Å². The van der Waals surface area contributed by atoms with Gasteiger partial charge in [-0.25, -0.2) is 4.79 Å². The van der Waals surface area contributed by atoms with Crippen molar-refractivity contribution in [1.82, 2.24) is 10.2 Å². The van der Waals surface area contributed by atoms with Crippen molar-refractivity contribution in [3.05, 3.63) is 23.8 Å². The van der Waals surface area contributed by atoms with Gasteiger partial charge >= 0.3 is 6.03 Å². The van der Waals surface area contributed by atoms with Crippen molar-refractivity contribution in [3.8, 4) is 0 Å². The third-order valence-corrected chi connectivity index (χ3v) is 4.01. The Morgan fingerprint density at radius 1 is 1.43 bits per heavy atom. The second kappa shape index (κ2) is 8.06. The van der Waals surface area contributed by atoms with E-state index in [1.54, 1.807) is 0 Å². The molecular formula is C17H28N4O2. The summed E-state index contributed by atoms with van der Waals surface area (Å²) in [6.45, 7) is 4.44. The molecule has 0 bridgehead atoms. The van der Waals surface area contributed by atoms with Crippen LogP contribution in [-0.4, -0.2) is 50.8 Å². The van der Waals surface area contributed by atoms with Crippen LogP contribution < -0.4 is 16.0 Å². The van der Waals surface area contributed by atoms with Gasteiger partial charge in [-0.2, -0.15) is 0 Å². The van der Waals surface area contributed by atoms with Crippen molar-refractivity contribution in [2.75, 3.05) is 44.4 Å². The largest absolute Gasteiger partial charge is 0.399 e. The smallest absolute Gasteiger partial charge is 0.317 e. The molecule has 6 nitrogen and oxygen atoms in total. The van der Waals surface area contributed by atoms with Crippen LogP contribution in [-0.2, 0) is 11.3 Å². The minimum atomic E-state index is -0.0601. The van der Waals surface area contributed by atoms with E-state index in [0.29, 0.717) is 25.3 Å². The Hall–Kier alpha value is -1.95. The molecule has 1 aliphatic heterocycles. The summed E-state index contributed by atoms with van der Waals surface area (Å²) < 4.78 is 5.69. The van der Waals surface area contributed by atoms with E-state index in [9.17, 15) is 4.79 Å². The van der Waals surface area contributed by atoms with Crippen LogP contribution in [0.2, 0.25) is 0 Å². The Labute approximate surface area is 138 Å². The zero-order valence-electron chi connectivity index (χ0n) is 14.3. The fraction of sp³-hybridized carbons (Fsp3) is 0.588. The van der Waals surface area contributed by atoms with Gasteiger partial charge in [-0.05, 0) is 43.5 Å². The molecule has 2 amide bonds. The standard InChI is InChI=1S/C17H28N4O2/c1-4-19-17(22)21(12-15-6-5-9-23-15)11-13-10-14(18)7-8-16(13)20(2)3/h7-8,10,15H,4-6,9,11-12,18H2,1-3H3,(H,19,22)/t15-/m0/s1. The number of amides is 2. The third kappa shape index (κ3) is 4.76. The monoisotopic (exact) mass is 320 g/mol. The Kier molecular flexibility index (Phi) is 6.10. The van der Waals surface area contributed by atoms with Gasteiger partial charge in [-0.3, -0.25) is 0 Å². The van der Waals surface area contributed by atoms with Gasteiger partial charge in [0.05, 0.1) is 6.10 Å². The molecule has 0 spiro atoms. The molecule has 128 valence electrons. The number of urea groups is 1. The molecule has 3 N–H and O–H groups in total. The lowest BCUT2D eigenvalue weighted by Gasteiger charge is -2.28. The van der Waals surface area contributed by atoms with Gasteiger partial charge in [0, 0.05) is 51.7 Å². The van der Waals surface area contributed by atoms with Crippen molar-refractivity contribution >= 4 is 17.4 Å². The number of nitrogens with zero attached hydrogens (tertiary/aromatic N) is 2. The minimum absolute atomic E-state index is 0.0601. The molecule has 1 fully saturated rings. The van der Waals surface area contributed by atoms with Gasteiger partial charge in [0.15, 0.2) is 0 Å². The van der Waals surface area contributed by atoms with Crippen molar-refractivity contribution < 1.29 is 9.53 Å². The van der Waals surface area contributed by atoms with Gasteiger partial charge in [-0.15, -0.1) is 0 Å². The van der Waals surface area contributed by atoms with Crippen LogP contribution in [0, 0.1) is 0 Å². The summed E-state index contributed by atoms with van der Waals surface area (Å²) in [6.07, 6.45) is 2.20. The van der Waals surface area contributed by atoms with Crippen molar-refractivity contribution in [2.24, 2.45) is 0 Å². The number of ether oxygens (including phenoxy) is 1. The highest BCUT2D eigenvalue weighted by atomic mass is 16.5. The Balaban J connectivity index is 2.18. The third-order valence-electron chi connectivity index (χ3n) is 4.01. The number of anilines is 2. The molecule has 23 heavy (non-hydrogen) atoms. The molecular weight excluding hydrogens is 292 g/mol. The molecule has 0 unspecified atom stereocenters. The predicted molar refractivity (Wildman–Crippen MR) is 93.6 cm³/mol. The first-order chi connectivity index (χ1) is 11.0. The zero-order chi connectivity index (χ0) is 16.8. The topological polar surface area (TPSA) is 70.8 Å². The number of nitrogens with two attached hydrogens (primary N) is 1. The van der Waals surface area contributed by atoms with Crippen LogP contribution in [0.5, 0.6) is 0 Å². The van der Waals surface area contributed by atoms with Crippen LogP contribution in [0.15, 0.2) is 18.2 Å². The molecule has 1 heterocycles. The molecule has 0 saturated carbocycles. The number of hydrogen-bond donors (Lipinski definition) is 2. The molecule has 6 heteroatoms. The number of hydrogen-bond acceptors (Lipinski definition) is 4. The van der Waals surface area contributed by atoms with Gasteiger partial charge < -0.3 is 25.6 Å². The van der Waals surface area contributed by atoms with Crippen molar-refractivity contribution in [3.63, 3.8) is 0 Å². The van der Waals surface area contributed by atoms with E-state index in [4.69, 9.17) is 10.5 Å². The zero-order valence-corrected chi connectivity index (χ0v) is 14.3. The summed E-state index contributed by atoms with van der Waals surface area (Å²) in [5.74, 6) is 0. The summed E-state index contributed by atoms with van der Waals surface area (Å²) in [6, 6.07) is 5.76. The SMILES string of the molecule is CCNC(=O)N(Cc1cc(N)ccc1N(C)C)C[C@@H]1CCCO1. The highest BCUT2D eigenvalue weighted by molar-refractivity contribution is 5.74. The van der Waals surface area contributed by atoms with Crippen LogP contribution in [0.1, 0.15) is 25.3 Å². The van der Waals surface area contributed by atoms with Gasteiger partial charge in [0.25, 0.3) is 0 Å². The molecule has 1 aromatic carbocycles. The normalized spacial score (nSPS) is 17.1. The predicted octanol–water partition coefficient (Wildman–Crippen LogP) is 2.05. The van der Waals surface area contributed by atoms with E-state index in [2.05, 4.69) is 5.32 Å². The Morgan fingerprint density at radius 2 is 2.22 bits per heavy atom. The van der Waals surface area contributed by atoms with E-state index in [0.717, 1.165) is 30.7 Å². The fourth-order valence-corrected chi connectivity index (χ4v) is 2.89. The summed E-state index contributed by atoms with van der Waals surface area (Å²) in [4.78, 5) is 16.3. The molecule has 1 aliphatic rings. The lowest BCUT2D eigenvalue weighted by Crippen LogP contribution is -2.43. The van der Waals surface area contributed by atoms with Crippen LogP contribution >= 0.6 is 0 Å². The van der Waals surface area contributed by atoms with E-state index >= 15 is 0 Å². The van der Waals surface area contributed by atoms with Crippen LogP contribution in [0.3, 0.4) is 0 Å². The molecule has 1 aromatic rings. The maximum Gasteiger partial charge on any atom is 0.317 e. The number of rotatable bonds is 6. The van der Waals surface area contributed by atoms with E-state index in [1.807, 2.05) is 49.0 Å². The van der Waals surface area contributed by atoms with E-state index < -0.39 is 0 Å². The lowest BCUT2D eigenvalue weighted by molar-refractivity contribution is 0.0796. The molecule has 0 radical (unpaired) electrons. The summed E-state index contributed by atoms with van der Waals surface area (Å²) in [7, 11) is 3.98. The highest BCUT2D eigenvalue weighted by Gasteiger charge is 2.23. The second-order valence-electron chi connectivity index (χ2n) is 6.13. The number of carbonyl (C=O) groups is 1. The first-order valence-electron chi connectivity index (χ1n) is 8.21. The van der Waals surface area contributed by atoms with Crippen LogP contribution in [0.25, 0.3) is 0 Å². The van der Waals surface area contributed by atoms with Crippen molar-refractivity contribution in [2.45, 2.75) is 32.4 Å². The molecule has 0 aliphatic carbocycles. The molecule has 1 atom stereocenters. The summed E-state index contributed by atoms with van der Waals surface area (Å²) in [5, 5.41) is 2.89. The lowest BCUT2D eigenvalue weighted by atomic mass is 10.1. The van der Waals surface area contributed by atoms with Gasteiger partial charge in [0.2, 0.25) is 0 Å². The quantitative estimate of drug-likeness (QED) is 0.787. The maximum atomic E-state index is 12.4. The Morgan fingerprint density at radius 3 is 2.83 bits per heavy atom. The number of carbonyl (C=O) groups excluding carboxylic acids is 1. The summed E-state index contributed by atoms with van der Waals surface area (Å²) in [5.41, 5.74) is 8.76. The number of nitrogens with one attached hydrogen (secondary N) is 1. The van der Waals surface area contributed by atoms with Crippen LogP contribution in [0.4, 0.5) is 16.2 Å². The fourth-order valence-electron chi connectivity index (χ4n) is 2.89. The summed E-state index contributed by atoms with van der Waals surface area (Å²) >= 11 is 0. The number of benzene rings is 1. The highest BCUT2D eigenvalue weighted by Crippen LogP contribution is 2.24. The Bertz CT molecular complexity index is 527. The molecule has 1 saturated heterocycles. The van der Waals surface area contributed by atoms with Gasteiger partial charge in [0.1, 0.15) is 0 Å². The van der Waals surface area contributed by atoms with Crippen molar-refractivity contribution in [1.29, 1.82) is 0 Å². The average molecular weight is 320 g/mol. The molecule has 2 rings (SSSR count). The van der Waals surface area contributed by atoms with E-state index in [1.165, 1.54) is 0 Å².